The molecule has 0 spiro atoms. The van der Waals surface area contributed by atoms with Gasteiger partial charge in [0.15, 0.2) is 5.69 Å². The molecule has 2 aromatic rings. The summed E-state index contributed by atoms with van der Waals surface area (Å²) < 4.78 is 6.65. The first-order chi connectivity index (χ1) is 9.52. The lowest BCUT2D eigenvalue weighted by molar-refractivity contribution is 0.0461. The third-order valence-corrected chi connectivity index (χ3v) is 2.99. The summed E-state index contributed by atoms with van der Waals surface area (Å²) in [6, 6.07) is 6.45. The van der Waals surface area contributed by atoms with Gasteiger partial charge in [-0.15, -0.1) is 0 Å². The maximum atomic E-state index is 12.0. The van der Waals surface area contributed by atoms with Crippen molar-refractivity contribution in [2.24, 2.45) is 7.05 Å². The number of carbonyl (C=O) groups is 1. The molecule has 3 N–H and O–H groups in total. The van der Waals surface area contributed by atoms with E-state index in [-0.39, 0.29) is 18.1 Å². The second kappa shape index (κ2) is 5.64. The van der Waals surface area contributed by atoms with Gasteiger partial charge in [0.05, 0.1) is 11.4 Å². The number of anilines is 1. The Morgan fingerprint density at radius 2 is 2.05 bits per heavy atom. The largest absolute Gasteiger partial charge is 0.508 e. The van der Waals surface area contributed by atoms with E-state index in [4.69, 9.17) is 10.5 Å². The molecule has 0 aliphatic rings. The molecule has 0 aliphatic carbocycles. The van der Waals surface area contributed by atoms with E-state index in [0.717, 1.165) is 5.56 Å². The molecule has 2 rings (SSSR count). The van der Waals surface area contributed by atoms with Crippen molar-refractivity contribution in [3.05, 3.63) is 41.2 Å². The zero-order chi connectivity index (χ0) is 14.7. The smallest absolute Gasteiger partial charge is 0.359 e. The molecule has 1 heterocycles. The number of nitrogen functional groups attached to an aromatic ring is 1. The standard InChI is InChI=1S/C14H17N3O3/c1-3-11-12(15)13(17(2)16-11)14(19)20-8-9-4-6-10(18)7-5-9/h4-7,18H,3,8,15H2,1-2H3. The molecule has 0 radical (unpaired) electrons. The van der Waals surface area contributed by atoms with Crippen molar-refractivity contribution in [3.8, 4) is 5.75 Å². The summed E-state index contributed by atoms with van der Waals surface area (Å²) in [4.78, 5) is 12.0. The van der Waals surface area contributed by atoms with E-state index >= 15 is 0 Å². The first kappa shape index (κ1) is 13.9. The van der Waals surface area contributed by atoms with Crippen molar-refractivity contribution in [2.75, 3.05) is 5.73 Å². The van der Waals surface area contributed by atoms with Gasteiger partial charge in [0, 0.05) is 7.05 Å². The predicted molar refractivity (Wildman–Crippen MR) is 74.2 cm³/mol. The number of ether oxygens (including phenoxy) is 1. The van der Waals surface area contributed by atoms with Gasteiger partial charge < -0.3 is 15.6 Å². The van der Waals surface area contributed by atoms with Crippen molar-refractivity contribution >= 4 is 11.7 Å². The molecular formula is C14H17N3O3. The van der Waals surface area contributed by atoms with E-state index in [0.29, 0.717) is 17.8 Å². The van der Waals surface area contributed by atoms with E-state index < -0.39 is 5.97 Å². The van der Waals surface area contributed by atoms with Crippen LogP contribution in [0.4, 0.5) is 5.69 Å². The fourth-order valence-corrected chi connectivity index (χ4v) is 1.91. The van der Waals surface area contributed by atoms with Gasteiger partial charge in [0.2, 0.25) is 0 Å². The molecule has 0 unspecified atom stereocenters. The Morgan fingerprint density at radius 3 is 2.60 bits per heavy atom. The number of aryl methyl sites for hydroxylation is 2. The van der Waals surface area contributed by atoms with Gasteiger partial charge in [-0.25, -0.2) is 4.79 Å². The van der Waals surface area contributed by atoms with Crippen molar-refractivity contribution < 1.29 is 14.6 Å². The molecule has 0 amide bonds. The second-order valence-electron chi connectivity index (χ2n) is 4.43. The van der Waals surface area contributed by atoms with Gasteiger partial charge in [-0.3, -0.25) is 4.68 Å². The number of carbonyl (C=O) groups excluding carboxylic acids is 1. The highest BCUT2D eigenvalue weighted by molar-refractivity contribution is 5.93. The highest BCUT2D eigenvalue weighted by atomic mass is 16.5. The van der Waals surface area contributed by atoms with Crippen LogP contribution in [0, 0.1) is 0 Å². The fourth-order valence-electron chi connectivity index (χ4n) is 1.91. The normalized spacial score (nSPS) is 10.5. The van der Waals surface area contributed by atoms with Crippen molar-refractivity contribution in [2.45, 2.75) is 20.0 Å². The summed E-state index contributed by atoms with van der Waals surface area (Å²) >= 11 is 0. The van der Waals surface area contributed by atoms with Crippen molar-refractivity contribution in [3.63, 3.8) is 0 Å². The van der Waals surface area contributed by atoms with Crippen LogP contribution in [0.3, 0.4) is 0 Å². The maximum absolute atomic E-state index is 12.0. The topological polar surface area (TPSA) is 90.4 Å². The zero-order valence-electron chi connectivity index (χ0n) is 11.5. The quantitative estimate of drug-likeness (QED) is 0.828. The van der Waals surface area contributed by atoms with E-state index in [9.17, 15) is 9.90 Å². The number of aromatic hydroxyl groups is 1. The lowest BCUT2D eigenvalue weighted by atomic mass is 10.2. The van der Waals surface area contributed by atoms with E-state index in [1.165, 1.54) is 16.8 Å². The highest BCUT2D eigenvalue weighted by Gasteiger charge is 2.20. The van der Waals surface area contributed by atoms with Crippen LogP contribution in [0.25, 0.3) is 0 Å². The number of phenols is 1. The Labute approximate surface area is 116 Å². The molecule has 0 fully saturated rings. The van der Waals surface area contributed by atoms with Crippen LogP contribution in [0.5, 0.6) is 5.75 Å². The Bertz CT molecular complexity index is 617. The molecular weight excluding hydrogens is 258 g/mol. The second-order valence-corrected chi connectivity index (χ2v) is 4.43. The number of hydrogen-bond donors (Lipinski definition) is 2. The van der Waals surface area contributed by atoms with Gasteiger partial charge in [-0.2, -0.15) is 5.10 Å². The minimum Gasteiger partial charge on any atom is -0.508 e. The Balaban J connectivity index is 2.09. The van der Waals surface area contributed by atoms with Gasteiger partial charge in [0.1, 0.15) is 12.4 Å². The third kappa shape index (κ3) is 2.74. The van der Waals surface area contributed by atoms with E-state index in [1.807, 2.05) is 6.92 Å². The zero-order valence-corrected chi connectivity index (χ0v) is 11.5. The number of hydrogen-bond acceptors (Lipinski definition) is 5. The average Bonchev–Trinajstić information content (AvgIpc) is 2.72. The number of nitrogens with two attached hydrogens (primary N) is 1. The lowest BCUT2D eigenvalue weighted by Crippen LogP contribution is -2.12. The molecule has 20 heavy (non-hydrogen) atoms. The summed E-state index contributed by atoms with van der Waals surface area (Å²) in [5, 5.41) is 13.4. The Kier molecular flexibility index (Phi) is 3.93. The van der Waals surface area contributed by atoms with Crippen LogP contribution < -0.4 is 5.73 Å². The number of nitrogens with zero attached hydrogens (tertiary/aromatic N) is 2. The molecule has 0 bridgehead atoms. The molecule has 0 saturated heterocycles. The summed E-state index contributed by atoms with van der Waals surface area (Å²) in [5.41, 5.74) is 7.99. The van der Waals surface area contributed by atoms with Gasteiger partial charge >= 0.3 is 5.97 Å². The number of esters is 1. The van der Waals surface area contributed by atoms with Crippen LogP contribution in [0.1, 0.15) is 28.7 Å². The molecule has 0 atom stereocenters. The maximum Gasteiger partial charge on any atom is 0.359 e. The number of phenolic OH excluding ortho intramolecular Hbond substituents is 1. The van der Waals surface area contributed by atoms with Gasteiger partial charge in [-0.05, 0) is 24.1 Å². The van der Waals surface area contributed by atoms with Crippen LogP contribution in [-0.2, 0) is 24.8 Å². The van der Waals surface area contributed by atoms with Gasteiger partial charge in [-0.1, -0.05) is 19.1 Å². The fraction of sp³-hybridized carbons (Fsp3) is 0.286. The lowest BCUT2D eigenvalue weighted by Gasteiger charge is -2.06. The molecule has 6 nitrogen and oxygen atoms in total. The molecule has 106 valence electrons. The van der Waals surface area contributed by atoms with E-state index in [2.05, 4.69) is 5.10 Å². The average molecular weight is 275 g/mol. The Morgan fingerprint density at radius 1 is 1.40 bits per heavy atom. The number of benzene rings is 1. The van der Waals surface area contributed by atoms with Crippen molar-refractivity contribution in [1.82, 2.24) is 9.78 Å². The summed E-state index contributed by atoms with van der Waals surface area (Å²) in [6.45, 7) is 2.04. The summed E-state index contributed by atoms with van der Waals surface area (Å²) in [5.74, 6) is -0.339. The van der Waals surface area contributed by atoms with Crippen LogP contribution in [0.2, 0.25) is 0 Å². The highest BCUT2D eigenvalue weighted by Crippen LogP contribution is 2.18. The predicted octanol–water partition coefficient (Wildman–Crippen LogP) is 1.63. The number of rotatable bonds is 4. The monoisotopic (exact) mass is 275 g/mol. The third-order valence-electron chi connectivity index (χ3n) is 2.99. The van der Waals surface area contributed by atoms with Gasteiger partial charge in [0.25, 0.3) is 0 Å². The molecule has 0 saturated carbocycles. The minimum atomic E-state index is -0.509. The number of aromatic nitrogens is 2. The first-order valence-corrected chi connectivity index (χ1v) is 6.29. The first-order valence-electron chi connectivity index (χ1n) is 6.29. The van der Waals surface area contributed by atoms with E-state index in [1.54, 1.807) is 19.2 Å². The SMILES string of the molecule is CCc1nn(C)c(C(=O)OCc2ccc(O)cc2)c1N. The molecule has 1 aromatic carbocycles. The van der Waals surface area contributed by atoms with Crippen LogP contribution in [0.15, 0.2) is 24.3 Å². The minimum absolute atomic E-state index is 0.116. The van der Waals surface area contributed by atoms with Crippen LogP contribution in [-0.4, -0.2) is 20.9 Å². The summed E-state index contributed by atoms with van der Waals surface area (Å²) in [6.07, 6.45) is 0.658. The van der Waals surface area contributed by atoms with Crippen molar-refractivity contribution in [1.29, 1.82) is 0 Å². The Hall–Kier alpha value is -2.50. The van der Waals surface area contributed by atoms with Crippen LogP contribution >= 0.6 is 0 Å². The molecule has 0 aliphatic heterocycles. The molecule has 6 heteroatoms. The summed E-state index contributed by atoms with van der Waals surface area (Å²) in [7, 11) is 1.66. The molecule has 1 aromatic heterocycles.